The van der Waals surface area contributed by atoms with E-state index in [1.165, 1.54) is 5.56 Å². The number of benzene rings is 3. The van der Waals surface area contributed by atoms with Gasteiger partial charge in [-0.1, -0.05) is 110 Å². The van der Waals surface area contributed by atoms with Crippen LogP contribution < -0.4 is 5.32 Å². The molecule has 0 aromatic heterocycles. The largest absolute Gasteiger partial charge is 0.354 e. The molecule has 37 heavy (non-hydrogen) atoms. The van der Waals surface area contributed by atoms with E-state index < -0.39 is 6.04 Å². The van der Waals surface area contributed by atoms with E-state index in [4.69, 9.17) is 0 Å². The molecule has 0 aliphatic carbocycles. The summed E-state index contributed by atoms with van der Waals surface area (Å²) in [5, 5.41) is 3.04. The van der Waals surface area contributed by atoms with E-state index in [1.54, 1.807) is 4.90 Å². The zero-order chi connectivity index (χ0) is 26.8. The first kappa shape index (κ1) is 28.6. The van der Waals surface area contributed by atoms with Crippen molar-refractivity contribution in [3.8, 4) is 0 Å². The average molecular weight is 564 g/mol. The van der Waals surface area contributed by atoms with Crippen molar-refractivity contribution in [2.75, 3.05) is 6.54 Å². The fourth-order valence-corrected chi connectivity index (χ4v) is 4.54. The predicted molar refractivity (Wildman–Crippen MR) is 155 cm³/mol. The molecule has 0 aliphatic heterocycles. The van der Waals surface area contributed by atoms with E-state index in [0.717, 1.165) is 27.6 Å². The van der Waals surface area contributed by atoms with Crippen molar-refractivity contribution in [2.45, 2.75) is 71.4 Å². The van der Waals surface area contributed by atoms with Crippen molar-refractivity contribution in [3.63, 3.8) is 0 Å². The van der Waals surface area contributed by atoms with Gasteiger partial charge in [0.05, 0.1) is 0 Å². The molecule has 3 rings (SSSR count). The number of carbonyl (C=O) groups is 2. The first-order chi connectivity index (χ1) is 17.7. The van der Waals surface area contributed by atoms with Gasteiger partial charge in [0, 0.05) is 30.4 Å². The van der Waals surface area contributed by atoms with Crippen LogP contribution in [0.15, 0.2) is 83.3 Å². The van der Waals surface area contributed by atoms with Gasteiger partial charge in [-0.3, -0.25) is 9.59 Å². The summed E-state index contributed by atoms with van der Waals surface area (Å²) in [6.07, 6.45) is 2.29. The second kappa shape index (κ2) is 13.6. The van der Waals surface area contributed by atoms with Crippen LogP contribution in [0.4, 0.5) is 0 Å². The van der Waals surface area contributed by atoms with Gasteiger partial charge in [-0.15, -0.1) is 0 Å². The Bertz CT molecular complexity index is 1140. The summed E-state index contributed by atoms with van der Waals surface area (Å²) in [4.78, 5) is 28.9. The van der Waals surface area contributed by atoms with E-state index in [1.807, 2.05) is 61.5 Å². The standard InChI is InChI=1S/C32H39BrN2O2/c1-5-21-34-31(37)29(22-25-9-7-6-8-10-25)35(23-26-13-18-28(33)19-14-26)30(36)20-15-24-11-16-27(17-12-24)32(2,3)4/h6-14,16-19,29H,5,15,20-23H2,1-4H3,(H,34,37)/t29-/m0/s1. The van der Waals surface area contributed by atoms with Gasteiger partial charge in [0.25, 0.3) is 0 Å². The number of rotatable bonds is 11. The summed E-state index contributed by atoms with van der Waals surface area (Å²) in [5.74, 6) is -0.124. The molecule has 3 aromatic rings. The van der Waals surface area contributed by atoms with Crippen molar-refractivity contribution >= 4 is 27.7 Å². The molecule has 0 radical (unpaired) electrons. The fraction of sp³-hybridized carbons (Fsp3) is 0.375. The lowest BCUT2D eigenvalue weighted by Gasteiger charge is -2.31. The topological polar surface area (TPSA) is 49.4 Å². The molecule has 0 spiro atoms. The average Bonchev–Trinajstić information content (AvgIpc) is 2.89. The summed E-state index contributed by atoms with van der Waals surface area (Å²) in [7, 11) is 0. The number of carbonyl (C=O) groups excluding carboxylic acids is 2. The second-order valence-electron chi connectivity index (χ2n) is 10.6. The summed E-state index contributed by atoms with van der Waals surface area (Å²) in [5.41, 5.74) is 4.51. The summed E-state index contributed by atoms with van der Waals surface area (Å²) in [6.45, 7) is 9.59. The Morgan fingerprint density at radius 3 is 2.08 bits per heavy atom. The number of aryl methyl sites for hydroxylation is 1. The number of amides is 2. The van der Waals surface area contributed by atoms with E-state index in [-0.39, 0.29) is 17.2 Å². The zero-order valence-electron chi connectivity index (χ0n) is 22.5. The number of hydrogen-bond donors (Lipinski definition) is 1. The molecule has 0 aliphatic rings. The molecule has 0 heterocycles. The van der Waals surface area contributed by atoms with Crippen LogP contribution in [0.3, 0.4) is 0 Å². The fourth-order valence-electron chi connectivity index (χ4n) is 4.27. The van der Waals surface area contributed by atoms with Crippen LogP contribution in [0.2, 0.25) is 0 Å². The molecular weight excluding hydrogens is 524 g/mol. The maximum Gasteiger partial charge on any atom is 0.243 e. The van der Waals surface area contributed by atoms with Crippen LogP contribution >= 0.6 is 15.9 Å². The highest BCUT2D eigenvalue weighted by molar-refractivity contribution is 9.10. The van der Waals surface area contributed by atoms with E-state index >= 15 is 0 Å². The number of nitrogens with one attached hydrogen (secondary N) is 1. The lowest BCUT2D eigenvalue weighted by Crippen LogP contribution is -2.50. The molecule has 5 heteroatoms. The van der Waals surface area contributed by atoms with Crippen molar-refractivity contribution in [1.82, 2.24) is 10.2 Å². The molecule has 0 bridgehead atoms. The Kier molecular flexibility index (Phi) is 10.5. The molecule has 4 nitrogen and oxygen atoms in total. The Morgan fingerprint density at radius 2 is 1.49 bits per heavy atom. The van der Waals surface area contributed by atoms with Crippen molar-refractivity contribution < 1.29 is 9.59 Å². The smallest absolute Gasteiger partial charge is 0.243 e. The van der Waals surface area contributed by atoms with Gasteiger partial charge in [0.15, 0.2) is 0 Å². The summed E-state index contributed by atoms with van der Waals surface area (Å²) < 4.78 is 0.981. The Balaban J connectivity index is 1.85. The van der Waals surface area contributed by atoms with E-state index in [9.17, 15) is 9.59 Å². The summed E-state index contributed by atoms with van der Waals surface area (Å²) in [6, 6.07) is 25.8. The summed E-state index contributed by atoms with van der Waals surface area (Å²) >= 11 is 3.49. The lowest BCUT2D eigenvalue weighted by molar-refractivity contribution is -0.141. The van der Waals surface area contributed by atoms with Gasteiger partial charge in [-0.2, -0.15) is 0 Å². The Hall–Kier alpha value is -2.92. The Morgan fingerprint density at radius 1 is 0.865 bits per heavy atom. The second-order valence-corrected chi connectivity index (χ2v) is 11.5. The molecule has 0 unspecified atom stereocenters. The molecule has 0 fully saturated rings. The van der Waals surface area contributed by atoms with Gasteiger partial charge >= 0.3 is 0 Å². The lowest BCUT2D eigenvalue weighted by atomic mass is 9.86. The van der Waals surface area contributed by atoms with Gasteiger partial charge in [-0.25, -0.2) is 0 Å². The van der Waals surface area contributed by atoms with Gasteiger partial charge in [-0.05, 0) is 52.6 Å². The van der Waals surface area contributed by atoms with Crippen LogP contribution in [0.25, 0.3) is 0 Å². The molecule has 0 saturated carbocycles. The number of halogens is 1. The molecule has 1 N–H and O–H groups in total. The molecule has 0 saturated heterocycles. The molecule has 3 aromatic carbocycles. The van der Waals surface area contributed by atoms with Gasteiger partial charge in [0.1, 0.15) is 6.04 Å². The first-order valence-electron chi connectivity index (χ1n) is 13.1. The van der Waals surface area contributed by atoms with Crippen molar-refractivity contribution in [3.05, 3.63) is 106 Å². The van der Waals surface area contributed by atoms with E-state index in [2.05, 4.69) is 66.3 Å². The van der Waals surface area contributed by atoms with Gasteiger partial charge in [0.2, 0.25) is 11.8 Å². The van der Waals surface area contributed by atoms with E-state index in [0.29, 0.717) is 32.4 Å². The third-order valence-corrected chi connectivity index (χ3v) is 7.06. The maximum atomic E-state index is 13.8. The third-order valence-electron chi connectivity index (χ3n) is 6.53. The van der Waals surface area contributed by atoms with Crippen molar-refractivity contribution in [2.24, 2.45) is 0 Å². The highest BCUT2D eigenvalue weighted by Crippen LogP contribution is 2.23. The maximum absolute atomic E-state index is 13.8. The highest BCUT2D eigenvalue weighted by atomic mass is 79.9. The predicted octanol–water partition coefficient (Wildman–Crippen LogP) is 6.85. The van der Waals surface area contributed by atoms with Crippen LogP contribution in [0.1, 0.15) is 62.8 Å². The third kappa shape index (κ3) is 8.85. The van der Waals surface area contributed by atoms with Gasteiger partial charge < -0.3 is 10.2 Å². The van der Waals surface area contributed by atoms with Crippen LogP contribution in [-0.4, -0.2) is 29.3 Å². The first-order valence-corrected chi connectivity index (χ1v) is 13.9. The Labute approximate surface area is 230 Å². The van der Waals surface area contributed by atoms with Crippen LogP contribution in [0, 0.1) is 0 Å². The monoisotopic (exact) mass is 562 g/mol. The minimum Gasteiger partial charge on any atom is -0.354 e. The number of hydrogen-bond acceptors (Lipinski definition) is 2. The molecule has 2 amide bonds. The molecule has 1 atom stereocenters. The molecular formula is C32H39BrN2O2. The highest BCUT2D eigenvalue weighted by Gasteiger charge is 2.30. The van der Waals surface area contributed by atoms with Crippen molar-refractivity contribution in [1.29, 1.82) is 0 Å². The minimum atomic E-state index is -0.589. The van der Waals surface area contributed by atoms with Crippen LogP contribution in [0.5, 0.6) is 0 Å². The SMILES string of the molecule is CCCNC(=O)[C@H](Cc1ccccc1)N(Cc1ccc(Br)cc1)C(=O)CCc1ccc(C(C)(C)C)cc1. The normalized spacial score (nSPS) is 12.1. The molecule has 196 valence electrons. The number of nitrogens with zero attached hydrogens (tertiary/aromatic N) is 1. The zero-order valence-corrected chi connectivity index (χ0v) is 24.1. The minimum absolute atomic E-state index is 0.0182. The quantitative estimate of drug-likeness (QED) is 0.278. The van der Waals surface area contributed by atoms with Crippen LogP contribution in [-0.2, 0) is 34.4 Å².